The van der Waals surface area contributed by atoms with Crippen molar-refractivity contribution >= 4 is 5.97 Å². The number of carbonyl (C=O) groups is 1. The quantitative estimate of drug-likeness (QED) is 0.389. The Balaban J connectivity index is 0. The van der Waals surface area contributed by atoms with Crippen LogP contribution in [-0.4, -0.2) is 24.2 Å². The summed E-state index contributed by atoms with van der Waals surface area (Å²) in [5.74, 6) is -0.655. The summed E-state index contributed by atoms with van der Waals surface area (Å²) in [6, 6.07) is 0. The van der Waals surface area contributed by atoms with E-state index in [1.807, 2.05) is 0 Å². The van der Waals surface area contributed by atoms with Crippen LogP contribution in [-0.2, 0) is 4.79 Å². The Kier molecular flexibility index (Phi) is 24.4. The van der Waals surface area contributed by atoms with Crippen LogP contribution >= 0.6 is 0 Å². The van der Waals surface area contributed by atoms with E-state index in [2.05, 4.69) is 6.92 Å². The molecule has 4 heteroatoms. The third-order valence-electron chi connectivity index (χ3n) is 3.66. The Morgan fingerprint density at radius 1 is 0.682 bits per heavy atom. The summed E-state index contributed by atoms with van der Waals surface area (Å²) in [4.78, 5) is 10.3. The zero-order chi connectivity index (χ0) is 16.9. The second-order valence-corrected chi connectivity index (χ2v) is 5.96. The van der Waals surface area contributed by atoms with E-state index >= 15 is 0 Å². The van der Waals surface area contributed by atoms with Crippen LogP contribution in [0, 0.1) is 0 Å². The fourth-order valence-electron chi connectivity index (χ4n) is 2.29. The van der Waals surface area contributed by atoms with Crippen LogP contribution in [0.3, 0.4) is 0 Å². The molecule has 0 unspecified atom stereocenters. The number of carboxylic acid groups (broad SMARTS) is 1. The third-order valence-corrected chi connectivity index (χ3v) is 3.66. The molecule has 134 valence electrons. The molecular weight excluding hydrogens is 276 g/mol. The number of unbranched alkanes of at least 4 members (excludes halogenated alkanes) is 12. The summed E-state index contributed by atoms with van der Waals surface area (Å²) in [7, 11) is 0. The van der Waals surface area contributed by atoms with Crippen molar-refractivity contribution in [1.82, 2.24) is 0 Å². The van der Waals surface area contributed by atoms with Gasteiger partial charge in [0.05, 0.1) is 0 Å². The molecule has 0 amide bonds. The molecule has 0 aliphatic rings. The molecule has 0 aromatic carbocycles. The Labute approximate surface area is 138 Å². The maximum Gasteiger partial charge on any atom is 0.303 e. The molecule has 0 radical (unpaired) electrons. The number of carboxylic acids is 1. The summed E-state index contributed by atoms with van der Waals surface area (Å²) in [6.07, 6.45) is 17.3. The Bertz CT molecular complexity index is 209. The molecule has 0 saturated carbocycles. The topological polar surface area (TPSA) is 89.3 Å². The highest BCUT2D eigenvalue weighted by Gasteiger charge is 1.96. The maximum atomic E-state index is 10.3. The van der Waals surface area contributed by atoms with Crippen LogP contribution < -0.4 is 11.5 Å². The number of rotatable bonds is 15. The van der Waals surface area contributed by atoms with E-state index in [1.165, 1.54) is 70.6 Å². The summed E-state index contributed by atoms with van der Waals surface area (Å²) in [6.45, 7) is 3.45. The zero-order valence-electron chi connectivity index (χ0n) is 14.8. The van der Waals surface area contributed by atoms with Crippen molar-refractivity contribution in [3.8, 4) is 0 Å². The summed E-state index contributed by atoms with van der Waals surface area (Å²) in [5.41, 5.74) is 9.81. The number of nitrogens with two attached hydrogens (primary N) is 2. The summed E-state index contributed by atoms with van der Waals surface area (Å²) < 4.78 is 0. The highest BCUT2D eigenvalue weighted by Crippen LogP contribution is 2.12. The normalized spacial score (nSPS) is 10.1. The minimum absolute atomic E-state index is 0.345. The van der Waals surface area contributed by atoms with E-state index in [0.717, 1.165) is 12.8 Å². The summed E-state index contributed by atoms with van der Waals surface area (Å²) in [5, 5.41) is 8.49. The van der Waals surface area contributed by atoms with Gasteiger partial charge in [0.25, 0.3) is 0 Å². The van der Waals surface area contributed by atoms with Crippen molar-refractivity contribution in [2.45, 2.75) is 96.8 Å². The molecule has 0 spiro atoms. The summed E-state index contributed by atoms with van der Waals surface area (Å²) >= 11 is 0. The Hall–Kier alpha value is -0.610. The SMILES string of the molecule is CCCCCCCCCCCCCCCC(=O)O.NCCN. The van der Waals surface area contributed by atoms with E-state index in [4.69, 9.17) is 16.6 Å². The Morgan fingerprint density at radius 2 is 1.00 bits per heavy atom. The standard InChI is InChI=1S/C16H32O2.C2H8N2/c1-2-3-4-5-6-7-8-9-10-11-12-13-14-15-16(17)18;3-1-2-4/h2-15H2,1H3,(H,17,18);1-4H2. The third kappa shape index (κ3) is 27.7. The van der Waals surface area contributed by atoms with Gasteiger partial charge in [-0.05, 0) is 6.42 Å². The van der Waals surface area contributed by atoms with Gasteiger partial charge in [-0.25, -0.2) is 0 Å². The van der Waals surface area contributed by atoms with E-state index < -0.39 is 5.97 Å². The molecule has 0 aromatic rings. The molecule has 0 atom stereocenters. The molecule has 0 aromatic heterocycles. The Morgan fingerprint density at radius 3 is 1.27 bits per heavy atom. The largest absolute Gasteiger partial charge is 0.481 e. The van der Waals surface area contributed by atoms with Gasteiger partial charge in [0, 0.05) is 19.5 Å². The first kappa shape index (κ1) is 23.7. The lowest BCUT2D eigenvalue weighted by molar-refractivity contribution is -0.137. The van der Waals surface area contributed by atoms with E-state index in [-0.39, 0.29) is 0 Å². The highest BCUT2D eigenvalue weighted by atomic mass is 16.4. The average Bonchev–Trinajstić information content (AvgIpc) is 2.52. The minimum Gasteiger partial charge on any atom is -0.481 e. The molecule has 5 N–H and O–H groups in total. The van der Waals surface area contributed by atoms with Gasteiger partial charge >= 0.3 is 5.97 Å². The lowest BCUT2D eigenvalue weighted by Crippen LogP contribution is -2.11. The van der Waals surface area contributed by atoms with Crippen molar-refractivity contribution in [2.24, 2.45) is 11.5 Å². The van der Waals surface area contributed by atoms with Crippen molar-refractivity contribution in [1.29, 1.82) is 0 Å². The van der Waals surface area contributed by atoms with E-state index in [1.54, 1.807) is 0 Å². The molecule has 0 aliphatic heterocycles. The zero-order valence-corrected chi connectivity index (χ0v) is 14.8. The fourth-order valence-corrected chi connectivity index (χ4v) is 2.29. The first-order valence-electron chi connectivity index (χ1n) is 9.30. The second-order valence-electron chi connectivity index (χ2n) is 5.96. The molecule has 0 saturated heterocycles. The average molecular weight is 317 g/mol. The van der Waals surface area contributed by atoms with Gasteiger partial charge in [-0.2, -0.15) is 0 Å². The van der Waals surface area contributed by atoms with E-state index in [0.29, 0.717) is 19.5 Å². The maximum absolute atomic E-state index is 10.3. The number of hydrogen-bond acceptors (Lipinski definition) is 3. The van der Waals surface area contributed by atoms with Crippen molar-refractivity contribution in [3.05, 3.63) is 0 Å². The monoisotopic (exact) mass is 316 g/mol. The van der Waals surface area contributed by atoms with Gasteiger partial charge < -0.3 is 16.6 Å². The first-order valence-corrected chi connectivity index (χ1v) is 9.30. The number of aliphatic carboxylic acids is 1. The van der Waals surface area contributed by atoms with Crippen LogP contribution in [0.5, 0.6) is 0 Å². The molecule has 0 aliphatic carbocycles. The van der Waals surface area contributed by atoms with Gasteiger partial charge in [0.1, 0.15) is 0 Å². The fraction of sp³-hybridized carbons (Fsp3) is 0.944. The van der Waals surface area contributed by atoms with Gasteiger partial charge in [-0.3, -0.25) is 4.79 Å². The molecule has 22 heavy (non-hydrogen) atoms. The van der Waals surface area contributed by atoms with E-state index in [9.17, 15) is 4.79 Å². The predicted octanol–water partition coefficient (Wildman–Crippen LogP) is 4.46. The smallest absolute Gasteiger partial charge is 0.303 e. The van der Waals surface area contributed by atoms with Gasteiger partial charge in [0.15, 0.2) is 0 Å². The minimum atomic E-state index is -0.655. The number of hydrogen-bond donors (Lipinski definition) is 3. The highest BCUT2D eigenvalue weighted by molar-refractivity contribution is 5.66. The van der Waals surface area contributed by atoms with Crippen molar-refractivity contribution in [3.63, 3.8) is 0 Å². The molecule has 0 rings (SSSR count). The molecular formula is C18H40N2O2. The predicted molar refractivity (Wildman–Crippen MR) is 96.1 cm³/mol. The first-order chi connectivity index (χ1) is 10.7. The van der Waals surface area contributed by atoms with Crippen LogP contribution in [0.4, 0.5) is 0 Å². The van der Waals surface area contributed by atoms with Gasteiger partial charge in [0.2, 0.25) is 0 Å². The molecule has 0 heterocycles. The lowest BCUT2D eigenvalue weighted by atomic mass is 10.0. The lowest BCUT2D eigenvalue weighted by Gasteiger charge is -2.02. The van der Waals surface area contributed by atoms with Crippen molar-refractivity contribution < 1.29 is 9.90 Å². The second kappa shape index (κ2) is 22.7. The molecule has 0 bridgehead atoms. The molecule has 4 nitrogen and oxygen atoms in total. The van der Waals surface area contributed by atoms with Gasteiger partial charge in [-0.1, -0.05) is 84.0 Å². The van der Waals surface area contributed by atoms with Crippen LogP contribution in [0.1, 0.15) is 96.8 Å². The van der Waals surface area contributed by atoms with Crippen molar-refractivity contribution in [2.75, 3.05) is 13.1 Å². The van der Waals surface area contributed by atoms with Gasteiger partial charge in [-0.15, -0.1) is 0 Å². The molecule has 0 fully saturated rings. The van der Waals surface area contributed by atoms with Crippen LogP contribution in [0.25, 0.3) is 0 Å². The van der Waals surface area contributed by atoms with Crippen LogP contribution in [0.15, 0.2) is 0 Å². The van der Waals surface area contributed by atoms with Crippen LogP contribution in [0.2, 0.25) is 0 Å².